The number of ether oxygens (including phenoxy) is 1. The van der Waals surface area contributed by atoms with Gasteiger partial charge in [0.2, 0.25) is 5.91 Å². The van der Waals surface area contributed by atoms with Crippen molar-refractivity contribution in [1.82, 2.24) is 4.90 Å². The fraction of sp³-hybridized carbons (Fsp3) is 0.485. The number of benzene rings is 2. The quantitative estimate of drug-likeness (QED) is 0.300. The van der Waals surface area contributed by atoms with Crippen molar-refractivity contribution < 1.29 is 24.2 Å². The van der Waals surface area contributed by atoms with Gasteiger partial charge in [-0.2, -0.15) is 0 Å². The van der Waals surface area contributed by atoms with E-state index in [2.05, 4.69) is 13.2 Å². The van der Waals surface area contributed by atoms with Gasteiger partial charge in [-0.25, -0.2) is 0 Å². The molecule has 218 valence electrons. The summed E-state index contributed by atoms with van der Waals surface area (Å²) in [7, 11) is 0. The van der Waals surface area contributed by atoms with Crippen molar-refractivity contribution in [3.05, 3.63) is 67.8 Å². The number of thioether (sulfide) groups is 1. The molecule has 3 fully saturated rings. The van der Waals surface area contributed by atoms with Crippen molar-refractivity contribution in [2.45, 2.75) is 61.6 Å². The topological polar surface area (TPSA) is 87.1 Å². The molecule has 1 spiro atoms. The highest BCUT2D eigenvalue weighted by Crippen LogP contribution is 2.72. The molecule has 3 aliphatic heterocycles. The van der Waals surface area contributed by atoms with Crippen LogP contribution in [0.4, 0.5) is 5.69 Å². The molecule has 6 atom stereocenters. The third kappa shape index (κ3) is 4.79. The summed E-state index contributed by atoms with van der Waals surface area (Å²) >= 11 is 1.60. The highest BCUT2D eigenvalue weighted by molar-refractivity contribution is 8.02. The fourth-order valence-corrected chi connectivity index (χ4v) is 9.71. The molecule has 0 saturated carbocycles. The molecular formula is C33H40N2O5S. The van der Waals surface area contributed by atoms with E-state index in [0.717, 1.165) is 16.5 Å². The van der Waals surface area contributed by atoms with Crippen LogP contribution in [-0.2, 0) is 19.1 Å². The zero-order valence-electron chi connectivity index (χ0n) is 24.1. The van der Waals surface area contributed by atoms with Crippen molar-refractivity contribution in [2.75, 3.05) is 24.7 Å². The Hall–Kier alpha value is -3.10. The lowest BCUT2D eigenvalue weighted by Gasteiger charge is -2.40. The lowest BCUT2D eigenvalue weighted by molar-refractivity contribution is -0.155. The molecule has 0 aliphatic carbocycles. The Bertz CT molecular complexity index is 1380. The number of carbonyl (C=O) groups excluding carboxylic acids is 3. The molecule has 2 unspecified atom stereocenters. The summed E-state index contributed by atoms with van der Waals surface area (Å²) in [6.45, 7) is 13.7. The van der Waals surface area contributed by atoms with E-state index in [1.165, 1.54) is 6.08 Å². The Morgan fingerprint density at radius 3 is 2.56 bits per heavy atom. The van der Waals surface area contributed by atoms with Crippen LogP contribution in [0, 0.1) is 17.8 Å². The number of amides is 2. The van der Waals surface area contributed by atoms with Gasteiger partial charge in [0.15, 0.2) is 0 Å². The van der Waals surface area contributed by atoms with Crippen molar-refractivity contribution in [3.8, 4) is 0 Å². The van der Waals surface area contributed by atoms with Crippen molar-refractivity contribution in [3.63, 3.8) is 0 Å². The van der Waals surface area contributed by atoms with Gasteiger partial charge in [0.25, 0.3) is 5.91 Å². The van der Waals surface area contributed by atoms with Crippen molar-refractivity contribution in [2.24, 2.45) is 17.8 Å². The third-order valence-corrected chi connectivity index (χ3v) is 11.0. The number of rotatable bonds is 11. The summed E-state index contributed by atoms with van der Waals surface area (Å²) in [5.41, 5.74) is 0.718. The molecule has 0 aromatic heterocycles. The van der Waals surface area contributed by atoms with Gasteiger partial charge in [0.05, 0.1) is 29.2 Å². The number of aliphatic hydroxyl groups excluding tert-OH is 1. The molecule has 2 aromatic rings. The second-order valence-electron chi connectivity index (χ2n) is 12.1. The van der Waals surface area contributed by atoms with Crippen LogP contribution in [0.1, 0.15) is 40.0 Å². The lowest BCUT2D eigenvalue weighted by Crippen LogP contribution is -2.57. The van der Waals surface area contributed by atoms with Gasteiger partial charge in [-0.05, 0) is 55.0 Å². The van der Waals surface area contributed by atoms with Crippen LogP contribution < -0.4 is 4.90 Å². The minimum absolute atomic E-state index is 0.0672. The molecule has 7 nitrogen and oxygen atoms in total. The third-order valence-electron chi connectivity index (χ3n) is 9.02. The maximum absolute atomic E-state index is 14.9. The Morgan fingerprint density at radius 2 is 1.90 bits per heavy atom. The zero-order chi connectivity index (χ0) is 29.5. The van der Waals surface area contributed by atoms with E-state index in [4.69, 9.17) is 4.74 Å². The second kappa shape index (κ2) is 11.3. The summed E-state index contributed by atoms with van der Waals surface area (Å²) in [5, 5.41) is 12.6. The van der Waals surface area contributed by atoms with E-state index in [-0.39, 0.29) is 37.5 Å². The monoisotopic (exact) mass is 576 g/mol. The van der Waals surface area contributed by atoms with E-state index in [1.807, 2.05) is 63.2 Å². The van der Waals surface area contributed by atoms with Gasteiger partial charge in [-0.3, -0.25) is 14.4 Å². The molecule has 8 heteroatoms. The Labute approximate surface area is 246 Å². The number of fused-ring (bicyclic) bond motifs is 2. The highest BCUT2D eigenvalue weighted by Gasteiger charge is 2.78. The standard InChI is InChI=1S/C33H40N2O5S/c1-6-16-34(24-13-12-22-10-8-9-11-23(22)19-24)30(38)28-33-15-14-32(5,41-33)27(31(39)40-17-7-2)26(33)29(37)35(28)25(20-36)18-21(3)4/h6-13,19,21,25-28,36H,1-2,14-18,20H2,3-5H3/t25-,26+,27+,28?,32-,33?/m1/s1. The van der Waals surface area contributed by atoms with Gasteiger partial charge in [0, 0.05) is 17.0 Å². The van der Waals surface area contributed by atoms with Crippen LogP contribution in [0.25, 0.3) is 10.8 Å². The Morgan fingerprint density at radius 1 is 1.17 bits per heavy atom. The summed E-state index contributed by atoms with van der Waals surface area (Å²) in [5.74, 6) is -2.07. The number of hydrogen-bond donors (Lipinski definition) is 1. The Balaban J connectivity index is 1.63. The van der Waals surface area contributed by atoms with E-state index < -0.39 is 39.4 Å². The first-order valence-electron chi connectivity index (χ1n) is 14.4. The normalized spacial score (nSPS) is 29.0. The van der Waals surface area contributed by atoms with Crippen LogP contribution in [0.3, 0.4) is 0 Å². The largest absolute Gasteiger partial charge is 0.461 e. The van der Waals surface area contributed by atoms with Gasteiger partial charge < -0.3 is 19.6 Å². The van der Waals surface area contributed by atoms with Crippen LogP contribution in [0.2, 0.25) is 0 Å². The summed E-state index contributed by atoms with van der Waals surface area (Å²) in [6, 6.07) is 12.5. The molecule has 3 saturated heterocycles. The number of anilines is 1. The molecule has 3 heterocycles. The van der Waals surface area contributed by atoms with E-state index >= 15 is 0 Å². The number of likely N-dealkylation sites (tertiary alicyclic amines) is 1. The molecule has 0 radical (unpaired) electrons. The van der Waals surface area contributed by atoms with Crippen molar-refractivity contribution >= 4 is 46.0 Å². The first-order chi connectivity index (χ1) is 19.6. The first kappa shape index (κ1) is 29.4. The molecule has 5 rings (SSSR count). The molecule has 1 N–H and O–H groups in total. The fourth-order valence-electron chi connectivity index (χ4n) is 7.39. The number of nitrogens with zero attached hydrogens (tertiary/aromatic N) is 2. The van der Waals surface area contributed by atoms with Crippen molar-refractivity contribution in [1.29, 1.82) is 0 Å². The Kier molecular flexibility index (Phi) is 8.09. The predicted molar refractivity (Wildman–Crippen MR) is 164 cm³/mol. The van der Waals surface area contributed by atoms with Gasteiger partial charge >= 0.3 is 5.97 Å². The number of hydrogen-bond acceptors (Lipinski definition) is 6. The molecule has 2 bridgehead atoms. The molecule has 41 heavy (non-hydrogen) atoms. The minimum Gasteiger partial charge on any atom is -0.461 e. The molecule has 2 amide bonds. The summed E-state index contributed by atoms with van der Waals surface area (Å²) < 4.78 is 4.20. The first-order valence-corrected chi connectivity index (χ1v) is 15.2. The van der Waals surface area contributed by atoms with Gasteiger partial charge in [0.1, 0.15) is 12.6 Å². The predicted octanol–water partition coefficient (Wildman–Crippen LogP) is 4.98. The average molecular weight is 577 g/mol. The van der Waals surface area contributed by atoms with Crippen LogP contribution in [0.15, 0.2) is 67.8 Å². The maximum Gasteiger partial charge on any atom is 0.311 e. The summed E-state index contributed by atoms with van der Waals surface area (Å²) in [4.78, 5) is 46.1. The molecule has 3 aliphatic rings. The van der Waals surface area contributed by atoms with Gasteiger partial charge in [-0.15, -0.1) is 18.3 Å². The highest BCUT2D eigenvalue weighted by atomic mass is 32.2. The minimum atomic E-state index is -0.841. The second-order valence-corrected chi connectivity index (χ2v) is 14.0. The number of aliphatic hydroxyl groups is 1. The van der Waals surface area contributed by atoms with E-state index in [1.54, 1.807) is 27.6 Å². The SMILES string of the molecule is C=CCOC(=O)[C@@H]1[C@H]2C(=O)N([C@@H](CO)CC(C)C)C(C(=O)N(CC=C)c3ccc4ccccc4c3)C23CC[C@@]1(C)S3. The lowest BCUT2D eigenvalue weighted by atomic mass is 9.66. The number of carbonyl (C=O) groups is 3. The van der Waals surface area contributed by atoms with Crippen LogP contribution >= 0.6 is 11.8 Å². The van der Waals surface area contributed by atoms with E-state index in [9.17, 15) is 19.5 Å². The van der Waals surface area contributed by atoms with Crippen LogP contribution in [0.5, 0.6) is 0 Å². The smallest absolute Gasteiger partial charge is 0.311 e. The number of esters is 1. The van der Waals surface area contributed by atoms with Gasteiger partial charge in [-0.1, -0.05) is 62.9 Å². The summed E-state index contributed by atoms with van der Waals surface area (Å²) in [6.07, 6.45) is 5.07. The zero-order valence-corrected chi connectivity index (χ0v) is 24.9. The molecule has 2 aromatic carbocycles. The van der Waals surface area contributed by atoms with Crippen LogP contribution in [-0.4, -0.2) is 69.1 Å². The average Bonchev–Trinajstić information content (AvgIpc) is 3.53. The maximum atomic E-state index is 14.9. The molecular weight excluding hydrogens is 536 g/mol. The van der Waals surface area contributed by atoms with E-state index in [0.29, 0.717) is 19.3 Å².